The third kappa shape index (κ3) is 2.53. The number of rotatable bonds is 2. The first kappa shape index (κ1) is 11.4. The molecular weight excluding hydrogens is 198 g/mol. The zero-order chi connectivity index (χ0) is 11.5. The monoisotopic (exact) mass is 219 g/mol. The highest BCUT2D eigenvalue weighted by molar-refractivity contribution is 5.40. The van der Waals surface area contributed by atoms with E-state index in [1.807, 2.05) is 6.20 Å². The van der Waals surface area contributed by atoms with Gasteiger partial charge >= 0.3 is 0 Å². The Balaban J connectivity index is 2.04. The van der Waals surface area contributed by atoms with Gasteiger partial charge in [-0.2, -0.15) is 0 Å². The summed E-state index contributed by atoms with van der Waals surface area (Å²) in [5.41, 5.74) is 7.19. The molecule has 1 aliphatic heterocycles. The molecule has 1 aliphatic rings. The minimum absolute atomic E-state index is 0.381. The zero-order valence-electron chi connectivity index (χ0n) is 10.2. The number of piperidine rings is 1. The highest BCUT2D eigenvalue weighted by Crippen LogP contribution is 2.19. The maximum Gasteiger partial charge on any atom is 0.128 e. The van der Waals surface area contributed by atoms with Crippen molar-refractivity contribution in [1.82, 2.24) is 4.98 Å². The molecule has 1 aromatic rings. The van der Waals surface area contributed by atoms with Crippen LogP contribution in [-0.4, -0.2) is 24.1 Å². The number of hydrogen-bond donors (Lipinski definition) is 1. The standard InChI is InChI=1S/C13H21N3/c1-10(2)11-3-4-13(15-9-11)16-7-5-12(14)6-8-16/h3-4,9-10,12H,5-8,14H2,1-2H3. The van der Waals surface area contributed by atoms with Crippen LogP contribution in [0.4, 0.5) is 5.82 Å². The van der Waals surface area contributed by atoms with Crippen molar-refractivity contribution in [1.29, 1.82) is 0 Å². The average molecular weight is 219 g/mol. The fraction of sp³-hybridized carbons (Fsp3) is 0.615. The van der Waals surface area contributed by atoms with Crippen LogP contribution < -0.4 is 10.6 Å². The van der Waals surface area contributed by atoms with Gasteiger partial charge in [-0.15, -0.1) is 0 Å². The summed E-state index contributed by atoms with van der Waals surface area (Å²) in [6.07, 6.45) is 4.15. The summed E-state index contributed by atoms with van der Waals surface area (Å²) < 4.78 is 0. The molecule has 3 heteroatoms. The maximum absolute atomic E-state index is 5.89. The summed E-state index contributed by atoms with van der Waals surface area (Å²) in [6.45, 7) is 6.46. The second-order valence-corrected chi connectivity index (χ2v) is 4.93. The van der Waals surface area contributed by atoms with Crippen LogP contribution >= 0.6 is 0 Å². The van der Waals surface area contributed by atoms with Crippen molar-refractivity contribution in [3.8, 4) is 0 Å². The molecular formula is C13H21N3. The molecule has 0 bridgehead atoms. The molecule has 0 unspecified atom stereocenters. The molecule has 16 heavy (non-hydrogen) atoms. The second kappa shape index (κ2) is 4.83. The van der Waals surface area contributed by atoms with Gasteiger partial charge in [0.2, 0.25) is 0 Å². The fourth-order valence-electron chi connectivity index (χ4n) is 2.05. The first-order chi connectivity index (χ1) is 7.66. The van der Waals surface area contributed by atoms with Crippen LogP contribution in [0.5, 0.6) is 0 Å². The van der Waals surface area contributed by atoms with E-state index in [0.717, 1.165) is 31.7 Å². The van der Waals surface area contributed by atoms with Gasteiger partial charge in [-0.1, -0.05) is 19.9 Å². The van der Waals surface area contributed by atoms with E-state index in [2.05, 4.69) is 35.9 Å². The number of nitrogens with two attached hydrogens (primary N) is 1. The first-order valence-corrected chi connectivity index (χ1v) is 6.13. The van der Waals surface area contributed by atoms with Gasteiger partial charge in [0.15, 0.2) is 0 Å². The molecule has 0 aliphatic carbocycles. The van der Waals surface area contributed by atoms with Gasteiger partial charge in [-0.25, -0.2) is 4.98 Å². The molecule has 2 heterocycles. The van der Waals surface area contributed by atoms with Crippen LogP contribution in [0.3, 0.4) is 0 Å². The Kier molecular flexibility index (Phi) is 3.44. The van der Waals surface area contributed by atoms with Crippen LogP contribution in [-0.2, 0) is 0 Å². The SMILES string of the molecule is CC(C)c1ccc(N2CCC(N)CC2)nc1. The van der Waals surface area contributed by atoms with Crippen molar-refractivity contribution in [3.05, 3.63) is 23.9 Å². The van der Waals surface area contributed by atoms with E-state index >= 15 is 0 Å². The maximum atomic E-state index is 5.89. The molecule has 2 N–H and O–H groups in total. The van der Waals surface area contributed by atoms with Crippen molar-refractivity contribution in [2.75, 3.05) is 18.0 Å². The summed E-state index contributed by atoms with van der Waals surface area (Å²) >= 11 is 0. The smallest absolute Gasteiger partial charge is 0.128 e. The third-order valence-electron chi connectivity index (χ3n) is 3.30. The van der Waals surface area contributed by atoms with E-state index in [0.29, 0.717) is 12.0 Å². The van der Waals surface area contributed by atoms with Crippen LogP contribution in [0.1, 0.15) is 38.2 Å². The van der Waals surface area contributed by atoms with Crippen LogP contribution in [0, 0.1) is 0 Å². The summed E-state index contributed by atoms with van der Waals surface area (Å²) in [4.78, 5) is 6.86. The molecule has 0 amide bonds. The fourth-order valence-corrected chi connectivity index (χ4v) is 2.05. The zero-order valence-corrected chi connectivity index (χ0v) is 10.2. The van der Waals surface area contributed by atoms with Crippen molar-refractivity contribution < 1.29 is 0 Å². The lowest BCUT2D eigenvalue weighted by Gasteiger charge is -2.31. The summed E-state index contributed by atoms with van der Waals surface area (Å²) in [5, 5.41) is 0. The molecule has 0 saturated carbocycles. The number of pyridine rings is 1. The molecule has 0 spiro atoms. The van der Waals surface area contributed by atoms with Gasteiger partial charge in [0, 0.05) is 25.3 Å². The van der Waals surface area contributed by atoms with E-state index in [-0.39, 0.29) is 0 Å². The molecule has 3 nitrogen and oxygen atoms in total. The van der Waals surface area contributed by atoms with E-state index < -0.39 is 0 Å². The van der Waals surface area contributed by atoms with Gasteiger partial charge in [-0.05, 0) is 30.4 Å². The van der Waals surface area contributed by atoms with Crippen LogP contribution in [0.15, 0.2) is 18.3 Å². The number of aromatic nitrogens is 1. The molecule has 0 radical (unpaired) electrons. The Bertz CT molecular complexity index is 324. The first-order valence-electron chi connectivity index (χ1n) is 6.13. The van der Waals surface area contributed by atoms with Gasteiger partial charge in [0.05, 0.1) is 0 Å². The van der Waals surface area contributed by atoms with Crippen molar-refractivity contribution in [3.63, 3.8) is 0 Å². The molecule has 1 fully saturated rings. The normalized spacial score (nSPS) is 18.1. The minimum atomic E-state index is 0.381. The lowest BCUT2D eigenvalue weighted by Crippen LogP contribution is -2.40. The lowest BCUT2D eigenvalue weighted by atomic mass is 10.0. The molecule has 88 valence electrons. The number of anilines is 1. The van der Waals surface area contributed by atoms with E-state index in [9.17, 15) is 0 Å². The molecule has 1 aromatic heterocycles. The van der Waals surface area contributed by atoms with Gasteiger partial charge in [0.25, 0.3) is 0 Å². The second-order valence-electron chi connectivity index (χ2n) is 4.93. The van der Waals surface area contributed by atoms with Crippen molar-refractivity contribution in [2.45, 2.75) is 38.6 Å². The number of nitrogens with zero attached hydrogens (tertiary/aromatic N) is 2. The Labute approximate surface area is 97.7 Å². The third-order valence-corrected chi connectivity index (χ3v) is 3.30. The molecule has 1 saturated heterocycles. The van der Waals surface area contributed by atoms with Crippen LogP contribution in [0.25, 0.3) is 0 Å². The van der Waals surface area contributed by atoms with E-state index in [1.165, 1.54) is 5.56 Å². The Hall–Kier alpha value is -1.09. The van der Waals surface area contributed by atoms with Gasteiger partial charge < -0.3 is 10.6 Å². The molecule has 0 atom stereocenters. The van der Waals surface area contributed by atoms with E-state index in [4.69, 9.17) is 5.73 Å². The highest BCUT2D eigenvalue weighted by atomic mass is 15.2. The summed E-state index contributed by atoms with van der Waals surface area (Å²) in [7, 11) is 0. The summed E-state index contributed by atoms with van der Waals surface area (Å²) in [5.74, 6) is 1.65. The molecule has 2 rings (SSSR count). The Morgan fingerprint density at radius 1 is 1.31 bits per heavy atom. The minimum Gasteiger partial charge on any atom is -0.357 e. The van der Waals surface area contributed by atoms with Crippen LogP contribution in [0.2, 0.25) is 0 Å². The van der Waals surface area contributed by atoms with Crippen molar-refractivity contribution in [2.24, 2.45) is 5.73 Å². The topological polar surface area (TPSA) is 42.1 Å². The Morgan fingerprint density at radius 3 is 2.50 bits per heavy atom. The number of hydrogen-bond acceptors (Lipinski definition) is 3. The van der Waals surface area contributed by atoms with Crippen molar-refractivity contribution >= 4 is 5.82 Å². The van der Waals surface area contributed by atoms with Gasteiger partial charge in [-0.3, -0.25) is 0 Å². The predicted octanol–water partition coefficient (Wildman–Crippen LogP) is 2.13. The molecule has 0 aromatic carbocycles. The average Bonchev–Trinajstić information content (AvgIpc) is 2.30. The Morgan fingerprint density at radius 2 is 2.00 bits per heavy atom. The lowest BCUT2D eigenvalue weighted by molar-refractivity contribution is 0.498. The van der Waals surface area contributed by atoms with Gasteiger partial charge in [0.1, 0.15) is 5.82 Å². The largest absolute Gasteiger partial charge is 0.357 e. The quantitative estimate of drug-likeness (QED) is 0.828. The highest BCUT2D eigenvalue weighted by Gasteiger charge is 2.16. The predicted molar refractivity (Wildman–Crippen MR) is 67.7 cm³/mol. The summed E-state index contributed by atoms with van der Waals surface area (Å²) in [6, 6.07) is 4.69. The van der Waals surface area contributed by atoms with E-state index in [1.54, 1.807) is 0 Å².